The molecule has 0 amide bonds. The molecule has 0 aliphatic heterocycles. The third-order valence-electron chi connectivity index (χ3n) is 1.88. The van der Waals surface area contributed by atoms with Crippen LogP contribution >= 0.6 is 0 Å². The summed E-state index contributed by atoms with van der Waals surface area (Å²) in [5, 5.41) is 0. The van der Waals surface area contributed by atoms with Crippen LogP contribution in [0, 0.1) is 0 Å². The van der Waals surface area contributed by atoms with Crippen molar-refractivity contribution in [3.8, 4) is 0 Å². The molecule has 0 saturated carbocycles. The molecule has 0 bridgehead atoms. The van der Waals surface area contributed by atoms with Crippen molar-refractivity contribution in [2.75, 3.05) is 19.0 Å². The van der Waals surface area contributed by atoms with Crippen LogP contribution in [0.25, 0.3) is 0 Å². The zero-order chi connectivity index (χ0) is 14.9. The van der Waals surface area contributed by atoms with E-state index in [9.17, 15) is 18.0 Å². The van der Waals surface area contributed by atoms with Gasteiger partial charge in [-0.05, 0) is 20.8 Å². The molecule has 1 unspecified atom stereocenters. The Morgan fingerprint density at radius 3 is 2.16 bits per heavy atom. The van der Waals surface area contributed by atoms with Crippen LogP contribution in [0.15, 0.2) is 12.2 Å². The maximum atomic E-state index is 11.2. The summed E-state index contributed by atoms with van der Waals surface area (Å²) in [6, 6.07) is -0.537. The zero-order valence-corrected chi connectivity index (χ0v) is 12.0. The average Bonchev–Trinajstić information content (AvgIpc) is 2.34. The van der Waals surface area contributed by atoms with Crippen LogP contribution in [0.3, 0.4) is 0 Å². The van der Waals surface area contributed by atoms with Gasteiger partial charge in [-0.15, -0.1) is 0 Å². The molecule has 0 saturated heterocycles. The predicted molar refractivity (Wildman–Crippen MR) is 68.8 cm³/mol. The van der Waals surface area contributed by atoms with Crippen LogP contribution in [-0.4, -0.2) is 45.4 Å². The largest absolute Gasteiger partial charge is 0.463 e. The molecule has 8 heteroatoms. The minimum absolute atomic E-state index is 0.0476. The van der Waals surface area contributed by atoms with Crippen LogP contribution in [0.2, 0.25) is 0 Å². The molecule has 0 aromatic carbocycles. The topological polar surface area (TPSA) is 98.8 Å². The van der Waals surface area contributed by atoms with Crippen molar-refractivity contribution in [1.29, 1.82) is 0 Å². The molecule has 1 N–H and O–H groups in total. The summed E-state index contributed by atoms with van der Waals surface area (Å²) >= 11 is 0. The quantitative estimate of drug-likeness (QED) is 0.498. The maximum Gasteiger partial charge on any atom is 0.331 e. The minimum Gasteiger partial charge on any atom is -0.463 e. The monoisotopic (exact) mass is 293 g/mol. The van der Waals surface area contributed by atoms with E-state index in [1.807, 2.05) is 0 Å². The van der Waals surface area contributed by atoms with Crippen LogP contribution in [-0.2, 0) is 29.1 Å². The molecular formula is C11H19NO6S. The molecule has 1 atom stereocenters. The first kappa shape index (κ1) is 17.6. The molecule has 0 aliphatic rings. The molecule has 7 nitrogen and oxygen atoms in total. The Kier molecular flexibility index (Phi) is 8.01. The van der Waals surface area contributed by atoms with E-state index >= 15 is 0 Å². The highest BCUT2D eigenvalue weighted by Gasteiger charge is 2.13. The molecule has 0 radical (unpaired) electrons. The number of hydrogen-bond donors (Lipinski definition) is 1. The molecule has 0 aliphatic carbocycles. The van der Waals surface area contributed by atoms with E-state index in [4.69, 9.17) is 4.74 Å². The van der Waals surface area contributed by atoms with Gasteiger partial charge >= 0.3 is 11.9 Å². The predicted octanol–water partition coefficient (Wildman–Crippen LogP) is -0.0233. The molecule has 19 heavy (non-hydrogen) atoms. The summed E-state index contributed by atoms with van der Waals surface area (Å²) in [7, 11) is -3.33. The number of esters is 2. The van der Waals surface area contributed by atoms with Crippen LogP contribution < -0.4 is 4.72 Å². The third kappa shape index (κ3) is 9.20. The van der Waals surface area contributed by atoms with Gasteiger partial charge in [0.2, 0.25) is 10.0 Å². The smallest absolute Gasteiger partial charge is 0.331 e. The first-order valence-corrected chi connectivity index (χ1v) is 7.47. The van der Waals surface area contributed by atoms with E-state index in [-0.39, 0.29) is 19.0 Å². The van der Waals surface area contributed by atoms with E-state index < -0.39 is 28.0 Å². The normalized spacial score (nSPS) is 13.2. The lowest BCUT2D eigenvalue weighted by Gasteiger charge is -2.12. The molecule has 0 spiro atoms. The van der Waals surface area contributed by atoms with Crippen molar-refractivity contribution < 1.29 is 27.5 Å². The molecule has 0 aromatic heterocycles. The fourth-order valence-corrected chi connectivity index (χ4v) is 1.85. The lowest BCUT2D eigenvalue weighted by atomic mass is 10.4. The summed E-state index contributed by atoms with van der Waals surface area (Å²) in [5.74, 6) is -1.43. The summed E-state index contributed by atoms with van der Waals surface area (Å²) in [5.41, 5.74) is 0. The van der Waals surface area contributed by atoms with Gasteiger partial charge in [-0.3, -0.25) is 0 Å². The highest BCUT2D eigenvalue weighted by molar-refractivity contribution is 7.89. The SMILES string of the molecule is CCOC(=O)/C=C/C(=O)OCC(C)NS(=O)(=O)CC. The second-order valence-electron chi connectivity index (χ2n) is 3.64. The fourth-order valence-electron chi connectivity index (χ4n) is 1.01. The van der Waals surface area contributed by atoms with E-state index in [1.165, 1.54) is 6.92 Å². The van der Waals surface area contributed by atoms with Gasteiger partial charge in [-0.2, -0.15) is 0 Å². The second kappa shape index (κ2) is 8.65. The molecular weight excluding hydrogens is 274 g/mol. The van der Waals surface area contributed by atoms with E-state index in [0.717, 1.165) is 12.2 Å². The van der Waals surface area contributed by atoms with Crippen molar-refractivity contribution in [1.82, 2.24) is 4.72 Å². The summed E-state index contributed by atoms with van der Waals surface area (Å²) in [4.78, 5) is 22.1. The number of ether oxygens (including phenoxy) is 2. The van der Waals surface area contributed by atoms with Crippen molar-refractivity contribution in [3.63, 3.8) is 0 Å². The average molecular weight is 293 g/mol. The number of carbonyl (C=O) groups excluding carboxylic acids is 2. The van der Waals surface area contributed by atoms with Gasteiger partial charge in [0, 0.05) is 12.2 Å². The standard InChI is InChI=1S/C11H19NO6S/c1-4-17-10(13)6-7-11(14)18-8-9(3)12-19(15,16)5-2/h6-7,9,12H,4-5,8H2,1-3H3/b7-6+. The van der Waals surface area contributed by atoms with Crippen molar-refractivity contribution in [2.45, 2.75) is 26.8 Å². The number of nitrogens with one attached hydrogen (secondary N) is 1. The fraction of sp³-hybridized carbons (Fsp3) is 0.636. The first-order chi connectivity index (χ1) is 8.80. The van der Waals surface area contributed by atoms with E-state index in [0.29, 0.717) is 0 Å². The molecule has 0 rings (SSSR count). The Labute approximate surface area is 113 Å². The van der Waals surface area contributed by atoms with Crippen LogP contribution in [0.4, 0.5) is 0 Å². The number of sulfonamides is 1. The van der Waals surface area contributed by atoms with Gasteiger partial charge in [-0.25, -0.2) is 22.7 Å². The van der Waals surface area contributed by atoms with E-state index in [1.54, 1.807) is 13.8 Å². The number of hydrogen-bond acceptors (Lipinski definition) is 6. The zero-order valence-electron chi connectivity index (χ0n) is 11.2. The highest BCUT2D eigenvalue weighted by Crippen LogP contribution is 1.92. The first-order valence-electron chi connectivity index (χ1n) is 5.82. The van der Waals surface area contributed by atoms with Crippen LogP contribution in [0.5, 0.6) is 0 Å². The molecule has 0 aromatic rings. The highest BCUT2D eigenvalue weighted by atomic mass is 32.2. The van der Waals surface area contributed by atoms with Gasteiger partial charge in [0.1, 0.15) is 6.61 Å². The molecule has 110 valence electrons. The van der Waals surface area contributed by atoms with Gasteiger partial charge in [0.15, 0.2) is 0 Å². The number of rotatable bonds is 8. The van der Waals surface area contributed by atoms with Crippen LogP contribution in [0.1, 0.15) is 20.8 Å². The van der Waals surface area contributed by atoms with Gasteiger partial charge in [0.25, 0.3) is 0 Å². The lowest BCUT2D eigenvalue weighted by molar-refractivity contribution is -0.140. The van der Waals surface area contributed by atoms with Crippen molar-refractivity contribution >= 4 is 22.0 Å². The van der Waals surface area contributed by atoms with Gasteiger partial charge in [0.05, 0.1) is 18.4 Å². The second-order valence-corrected chi connectivity index (χ2v) is 5.68. The maximum absolute atomic E-state index is 11.2. The lowest BCUT2D eigenvalue weighted by Crippen LogP contribution is -2.37. The third-order valence-corrected chi connectivity index (χ3v) is 3.40. The Bertz CT molecular complexity index is 428. The minimum atomic E-state index is -3.33. The van der Waals surface area contributed by atoms with Crippen molar-refractivity contribution in [2.24, 2.45) is 0 Å². The molecule has 0 fully saturated rings. The summed E-state index contributed by atoms with van der Waals surface area (Å²) < 4.78 is 34.1. The summed E-state index contributed by atoms with van der Waals surface area (Å²) in [6.45, 7) is 4.81. The Balaban J connectivity index is 4.07. The van der Waals surface area contributed by atoms with E-state index in [2.05, 4.69) is 9.46 Å². The number of carbonyl (C=O) groups is 2. The Hall–Kier alpha value is -1.41. The van der Waals surface area contributed by atoms with Gasteiger partial charge < -0.3 is 9.47 Å². The summed E-state index contributed by atoms with van der Waals surface area (Å²) in [6.07, 6.45) is 1.88. The van der Waals surface area contributed by atoms with Gasteiger partial charge in [-0.1, -0.05) is 0 Å². The Morgan fingerprint density at radius 2 is 1.68 bits per heavy atom. The Morgan fingerprint density at radius 1 is 1.16 bits per heavy atom. The molecule has 0 heterocycles. The van der Waals surface area contributed by atoms with Crippen molar-refractivity contribution in [3.05, 3.63) is 12.2 Å².